The van der Waals surface area contributed by atoms with Crippen LogP contribution in [0.3, 0.4) is 0 Å². The minimum Gasteiger partial charge on any atom is -0.366 e. The molecule has 0 aliphatic heterocycles. The lowest BCUT2D eigenvalue weighted by Gasteiger charge is -2.09. The molecule has 0 aromatic heterocycles. The van der Waals surface area contributed by atoms with Crippen LogP contribution >= 0.6 is 0 Å². The van der Waals surface area contributed by atoms with Crippen molar-refractivity contribution < 1.29 is 19.4 Å². The maximum Gasteiger partial charge on any atom is 0.289 e. The number of primary amides is 1. The van der Waals surface area contributed by atoms with Gasteiger partial charge in [0.25, 0.3) is 23.2 Å². The topological polar surface area (TPSA) is 158 Å². The van der Waals surface area contributed by atoms with E-state index in [-0.39, 0.29) is 16.8 Å². The second-order valence-electron chi connectivity index (χ2n) is 4.58. The molecule has 0 aliphatic rings. The summed E-state index contributed by atoms with van der Waals surface area (Å²) in [4.78, 5) is 43.6. The molecule has 3 N–H and O–H groups in total. The van der Waals surface area contributed by atoms with E-state index in [1.54, 1.807) is 0 Å². The maximum atomic E-state index is 12.3. The van der Waals surface area contributed by atoms with E-state index in [1.807, 2.05) is 0 Å². The van der Waals surface area contributed by atoms with Gasteiger partial charge in [0.05, 0.1) is 27.2 Å². The molecule has 0 bridgehead atoms. The zero-order valence-corrected chi connectivity index (χ0v) is 12.0. The molecule has 0 saturated carbocycles. The van der Waals surface area contributed by atoms with Crippen LogP contribution in [0, 0.1) is 20.2 Å². The number of nitrogens with zero attached hydrogens (tertiary/aromatic N) is 2. The van der Waals surface area contributed by atoms with Crippen molar-refractivity contribution in [2.24, 2.45) is 5.73 Å². The van der Waals surface area contributed by atoms with Crippen molar-refractivity contribution in [3.8, 4) is 0 Å². The maximum absolute atomic E-state index is 12.3. The first-order valence-corrected chi connectivity index (χ1v) is 6.44. The zero-order chi connectivity index (χ0) is 17.9. The number of anilines is 1. The minimum absolute atomic E-state index is 0.0235. The first-order chi connectivity index (χ1) is 11.3. The van der Waals surface area contributed by atoms with E-state index in [0.717, 1.165) is 12.1 Å². The van der Waals surface area contributed by atoms with Crippen LogP contribution < -0.4 is 11.1 Å². The summed E-state index contributed by atoms with van der Waals surface area (Å²) in [5.74, 6) is -1.69. The van der Waals surface area contributed by atoms with Gasteiger partial charge in [-0.1, -0.05) is 12.1 Å². The first kappa shape index (κ1) is 16.5. The average molecular weight is 330 g/mol. The Morgan fingerprint density at radius 3 is 2.21 bits per heavy atom. The van der Waals surface area contributed by atoms with Gasteiger partial charge in [-0.2, -0.15) is 0 Å². The van der Waals surface area contributed by atoms with E-state index in [2.05, 4.69) is 5.32 Å². The molecule has 122 valence electrons. The molecule has 2 aromatic rings. The number of para-hydroxylation sites is 1. The smallest absolute Gasteiger partial charge is 0.289 e. The Bertz CT molecular complexity index is 864. The van der Waals surface area contributed by atoms with Gasteiger partial charge in [0.2, 0.25) is 0 Å². The fourth-order valence-corrected chi connectivity index (χ4v) is 1.97. The molecule has 0 atom stereocenters. The van der Waals surface area contributed by atoms with Gasteiger partial charge in [0, 0.05) is 6.07 Å². The van der Waals surface area contributed by atoms with E-state index in [4.69, 9.17) is 5.73 Å². The van der Waals surface area contributed by atoms with E-state index in [9.17, 15) is 29.8 Å². The summed E-state index contributed by atoms with van der Waals surface area (Å²) in [6.07, 6.45) is 0. The van der Waals surface area contributed by atoms with Gasteiger partial charge in [-0.3, -0.25) is 29.8 Å². The SMILES string of the molecule is NC(=O)c1ccccc1NC(=O)c1ccc([N+](=O)[O-])cc1[N+](=O)[O-]. The van der Waals surface area contributed by atoms with Gasteiger partial charge >= 0.3 is 0 Å². The van der Waals surface area contributed by atoms with E-state index < -0.39 is 33.0 Å². The summed E-state index contributed by atoms with van der Waals surface area (Å²) in [5, 5.41) is 24.1. The summed E-state index contributed by atoms with van der Waals surface area (Å²) < 4.78 is 0. The molecule has 0 heterocycles. The molecule has 10 heteroatoms. The number of non-ortho nitro benzene ring substituents is 1. The van der Waals surface area contributed by atoms with Gasteiger partial charge in [0.15, 0.2) is 0 Å². The van der Waals surface area contributed by atoms with Crippen molar-refractivity contribution in [3.05, 3.63) is 73.8 Å². The molecule has 0 aliphatic carbocycles. The molecule has 0 radical (unpaired) electrons. The quantitative estimate of drug-likeness (QED) is 0.628. The van der Waals surface area contributed by atoms with Crippen LogP contribution in [0.25, 0.3) is 0 Å². The highest BCUT2D eigenvalue weighted by Gasteiger charge is 2.24. The average Bonchev–Trinajstić information content (AvgIpc) is 2.54. The first-order valence-electron chi connectivity index (χ1n) is 6.44. The molecular weight excluding hydrogens is 320 g/mol. The number of amides is 2. The number of nitrogens with two attached hydrogens (primary N) is 1. The molecule has 0 saturated heterocycles. The van der Waals surface area contributed by atoms with Gasteiger partial charge in [0.1, 0.15) is 5.56 Å². The number of benzene rings is 2. The molecule has 0 fully saturated rings. The lowest BCUT2D eigenvalue weighted by Crippen LogP contribution is -2.19. The second kappa shape index (κ2) is 6.52. The predicted molar refractivity (Wildman–Crippen MR) is 82.7 cm³/mol. The second-order valence-corrected chi connectivity index (χ2v) is 4.58. The zero-order valence-electron chi connectivity index (χ0n) is 12.0. The Kier molecular flexibility index (Phi) is 4.50. The van der Waals surface area contributed by atoms with E-state index in [0.29, 0.717) is 6.07 Å². The third kappa shape index (κ3) is 3.32. The van der Waals surface area contributed by atoms with Crippen molar-refractivity contribution in [3.63, 3.8) is 0 Å². The standard InChI is InChI=1S/C14H10N4O6/c15-13(19)9-3-1-2-4-11(9)16-14(20)10-6-5-8(17(21)22)7-12(10)18(23)24/h1-7H,(H2,15,19)(H,16,20). The van der Waals surface area contributed by atoms with E-state index >= 15 is 0 Å². The van der Waals surface area contributed by atoms with Gasteiger partial charge < -0.3 is 11.1 Å². The molecule has 2 rings (SSSR count). The van der Waals surface area contributed by atoms with Crippen molar-refractivity contribution >= 4 is 28.9 Å². The Balaban J connectivity index is 2.42. The molecule has 0 spiro atoms. The van der Waals surface area contributed by atoms with Gasteiger partial charge in [-0.05, 0) is 18.2 Å². The largest absolute Gasteiger partial charge is 0.366 e. The van der Waals surface area contributed by atoms with Crippen LogP contribution in [0.4, 0.5) is 17.1 Å². The van der Waals surface area contributed by atoms with Crippen LogP contribution in [0.2, 0.25) is 0 Å². The van der Waals surface area contributed by atoms with Crippen molar-refractivity contribution in [1.29, 1.82) is 0 Å². The Morgan fingerprint density at radius 2 is 1.62 bits per heavy atom. The third-order valence-corrected chi connectivity index (χ3v) is 3.07. The molecular formula is C14H10N4O6. The van der Waals surface area contributed by atoms with Crippen LogP contribution in [-0.4, -0.2) is 21.7 Å². The highest BCUT2D eigenvalue weighted by Crippen LogP contribution is 2.26. The number of nitro benzene ring substituents is 2. The van der Waals surface area contributed by atoms with Gasteiger partial charge in [-0.15, -0.1) is 0 Å². The normalized spacial score (nSPS) is 10.0. The fraction of sp³-hybridized carbons (Fsp3) is 0. The van der Waals surface area contributed by atoms with Crippen LogP contribution in [0.15, 0.2) is 42.5 Å². The predicted octanol–water partition coefficient (Wildman–Crippen LogP) is 1.85. The molecule has 0 unspecified atom stereocenters. The highest BCUT2D eigenvalue weighted by molar-refractivity contribution is 6.10. The van der Waals surface area contributed by atoms with Gasteiger partial charge in [-0.25, -0.2) is 0 Å². The summed E-state index contributed by atoms with van der Waals surface area (Å²) in [7, 11) is 0. The number of hydrogen-bond donors (Lipinski definition) is 2. The van der Waals surface area contributed by atoms with Crippen molar-refractivity contribution in [1.82, 2.24) is 0 Å². The summed E-state index contributed by atoms with van der Waals surface area (Å²) in [5.41, 5.74) is 3.66. The monoisotopic (exact) mass is 330 g/mol. The number of nitrogens with one attached hydrogen (secondary N) is 1. The van der Waals surface area contributed by atoms with E-state index in [1.165, 1.54) is 24.3 Å². The van der Waals surface area contributed by atoms with Crippen LogP contribution in [-0.2, 0) is 0 Å². The Morgan fingerprint density at radius 1 is 0.958 bits per heavy atom. The summed E-state index contributed by atoms with van der Waals surface area (Å²) in [6, 6.07) is 8.48. The summed E-state index contributed by atoms with van der Waals surface area (Å²) in [6.45, 7) is 0. The number of carbonyl (C=O) groups excluding carboxylic acids is 2. The van der Waals surface area contributed by atoms with Crippen LogP contribution in [0.5, 0.6) is 0 Å². The lowest BCUT2D eigenvalue weighted by atomic mass is 10.1. The molecule has 10 nitrogen and oxygen atoms in total. The summed E-state index contributed by atoms with van der Waals surface area (Å²) >= 11 is 0. The minimum atomic E-state index is -0.901. The number of hydrogen-bond acceptors (Lipinski definition) is 6. The number of rotatable bonds is 5. The molecule has 2 aromatic carbocycles. The van der Waals surface area contributed by atoms with Crippen LogP contribution in [0.1, 0.15) is 20.7 Å². The molecule has 2 amide bonds. The Hall–Kier alpha value is -3.82. The molecule has 24 heavy (non-hydrogen) atoms. The lowest BCUT2D eigenvalue weighted by molar-refractivity contribution is -0.394. The number of nitro groups is 2. The van der Waals surface area contributed by atoms with Crippen molar-refractivity contribution in [2.45, 2.75) is 0 Å². The van der Waals surface area contributed by atoms with Crippen molar-refractivity contribution in [2.75, 3.05) is 5.32 Å². The third-order valence-electron chi connectivity index (χ3n) is 3.07. The Labute approximate surface area is 134 Å². The fourth-order valence-electron chi connectivity index (χ4n) is 1.97. The highest BCUT2D eigenvalue weighted by atomic mass is 16.6. The number of carbonyl (C=O) groups is 2.